The highest BCUT2D eigenvalue weighted by Crippen LogP contribution is 2.22. The summed E-state index contributed by atoms with van der Waals surface area (Å²) in [6, 6.07) is 6.55. The van der Waals surface area contributed by atoms with E-state index >= 15 is 0 Å². The highest BCUT2D eigenvalue weighted by Gasteiger charge is 2.09. The summed E-state index contributed by atoms with van der Waals surface area (Å²) in [4.78, 5) is 1.08. The predicted molar refractivity (Wildman–Crippen MR) is 70.8 cm³/mol. The average Bonchev–Trinajstić information content (AvgIpc) is 1.99. The summed E-state index contributed by atoms with van der Waals surface area (Å²) in [5.41, 5.74) is 3.19. The van der Waals surface area contributed by atoms with Crippen LogP contribution < -0.4 is 0 Å². The smallest absolute Gasteiger partial charge is 0.00453 e. The fraction of sp³-hybridized carbons (Fsp3) is 0.571. The van der Waals surface area contributed by atoms with E-state index in [0.29, 0.717) is 5.41 Å². The van der Waals surface area contributed by atoms with Crippen LogP contribution in [0.25, 0.3) is 0 Å². The van der Waals surface area contributed by atoms with Crippen molar-refractivity contribution in [1.82, 2.24) is 0 Å². The van der Waals surface area contributed by atoms with Crippen molar-refractivity contribution in [3.8, 4) is 0 Å². The molecule has 0 N–H and O–H groups in total. The van der Waals surface area contributed by atoms with Crippen LogP contribution in [0, 0.1) is 12.3 Å². The van der Waals surface area contributed by atoms with Crippen LogP contribution in [-0.2, 0) is 6.42 Å². The van der Waals surface area contributed by atoms with Crippen molar-refractivity contribution in [2.45, 2.75) is 51.9 Å². The number of benzene rings is 1. The second-order valence-corrected chi connectivity index (χ2v) is 6.11. The molecule has 15 heavy (non-hydrogen) atoms. The van der Waals surface area contributed by atoms with Gasteiger partial charge in [0.25, 0.3) is 0 Å². The zero-order chi connectivity index (χ0) is 11.5. The Labute approximate surface area is 99.5 Å². The van der Waals surface area contributed by atoms with Gasteiger partial charge in [-0.25, -0.2) is 0 Å². The topological polar surface area (TPSA) is 0 Å². The Kier molecular flexibility index (Phi) is 4.27. The molecule has 1 rings (SSSR count). The lowest BCUT2D eigenvalue weighted by atomic mass is 9.89. The van der Waals surface area contributed by atoms with E-state index in [9.17, 15) is 0 Å². The molecule has 0 fully saturated rings. The maximum atomic E-state index is 4.40. The average molecular weight is 222 g/mol. The molecule has 0 aliphatic heterocycles. The molecule has 0 atom stereocenters. The first kappa shape index (κ1) is 12.6. The molecule has 0 aromatic heterocycles. The van der Waals surface area contributed by atoms with Gasteiger partial charge in [0.1, 0.15) is 0 Å². The van der Waals surface area contributed by atoms with Crippen LogP contribution in [0.3, 0.4) is 0 Å². The maximum absolute atomic E-state index is 4.40. The molecule has 0 unspecified atom stereocenters. The molecule has 0 nitrogen and oxygen atoms in total. The Morgan fingerprint density at radius 1 is 1.13 bits per heavy atom. The minimum Gasteiger partial charge on any atom is -0.143 e. The highest BCUT2D eigenvalue weighted by atomic mass is 32.1. The van der Waals surface area contributed by atoms with Gasteiger partial charge in [-0.2, -0.15) is 0 Å². The van der Waals surface area contributed by atoms with Gasteiger partial charge in [0, 0.05) is 4.90 Å². The first-order chi connectivity index (χ1) is 6.87. The highest BCUT2D eigenvalue weighted by molar-refractivity contribution is 7.80. The quantitative estimate of drug-likeness (QED) is 0.707. The van der Waals surface area contributed by atoms with Crippen molar-refractivity contribution in [2.75, 3.05) is 0 Å². The second-order valence-electron chi connectivity index (χ2n) is 5.59. The number of rotatable bonds is 3. The third kappa shape index (κ3) is 5.27. The van der Waals surface area contributed by atoms with Gasteiger partial charge in [0.2, 0.25) is 0 Å². The van der Waals surface area contributed by atoms with Crippen molar-refractivity contribution < 1.29 is 0 Å². The van der Waals surface area contributed by atoms with Crippen LogP contribution in [0.15, 0.2) is 23.1 Å². The Bertz CT molecular complexity index is 300. The zero-order valence-corrected chi connectivity index (χ0v) is 11.2. The summed E-state index contributed by atoms with van der Waals surface area (Å²) < 4.78 is 0. The van der Waals surface area contributed by atoms with Gasteiger partial charge < -0.3 is 0 Å². The Morgan fingerprint density at radius 2 is 1.80 bits per heavy atom. The van der Waals surface area contributed by atoms with Gasteiger partial charge >= 0.3 is 0 Å². The van der Waals surface area contributed by atoms with Crippen LogP contribution in [0.1, 0.15) is 44.7 Å². The third-order valence-corrected chi connectivity index (χ3v) is 2.77. The SMILES string of the molecule is Cc1cc(S)cc(CCCC(C)(C)C)c1. The molecule has 0 aliphatic carbocycles. The number of thiol groups is 1. The monoisotopic (exact) mass is 222 g/mol. The minimum atomic E-state index is 0.452. The van der Waals surface area contributed by atoms with E-state index in [1.54, 1.807) is 0 Å². The van der Waals surface area contributed by atoms with E-state index in [-0.39, 0.29) is 0 Å². The van der Waals surface area contributed by atoms with Gasteiger partial charge in [-0.1, -0.05) is 26.8 Å². The zero-order valence-electron chi connectivity index (χ0n) is 10.3. The lowest BCUT2D eigenvalue weighted by molar-refractivity contribution is 0.365. The van der Waals surface area contributed by atoms with E-state index in [4.69, 9.17) is 0 Å². The molecule has 0 bridgehead atoms. The molecular weight excluding hydrogens is 200 g/mol. The van der Waals surface area contributed by atoms with E-state index < -0.39 is 0 Å². The largest absolute Gasteiger partial charge is 0.143 e. The van der Waals surface area contributed by atoms with Gasteiger partial charge in [-0.15, -0.1) is 12.6 Å². The molecule has 0 amide bonds. The summed E-state index contributed by atoms with van der Waals surface area (Å²) in [6.07, 6.45) is 3.72. The van der Waals surface area contributed by atoms with E-state index in [0.717, 1.165) is 4.90 Å². The molecule has 0 radical (unpaired) electrons. The van der Waals surface area contributed by atoms with E-state index in [2.05, 4.69) is 58.5 Å². The fourth-order valence-electron chi connectivity index (χ4n) is 1.81. The summed E-state index contributed by atoms with van der Waals surface area (Å²) in [6.45, 7) is 9.03. The number of hydrogen-bond acceptors (Lipinski definition) is 1. The maximum Gasteiger partial charge on any atom is 0.00453 e. The van der Waals surface area contributed by atoms with Gasteiger partial charge in [-0.3, -0.25) is 0 Å². The molecule has 1 aromatic rings. The molecular formula is C14H22S. The first-order valence-corrected chi connectivity index (χ1v) is 6.11. The van der Waals surface area contributed by atoms with Gasteiger partial charge in [-0.05, 0) is 54.9 Å². The Balaban J connectivity index is 2.51. The molecule has 0 aliphatic rings. The van der Waals surface area contributed by atoms with Crippen molar-refractivity contribution in [3.63, 3.8) is 0 Å². The van der Waals surface area contributed by atoms with Crippen LogP contribution in [0.5, 0.6) is 0 Å². The van der Waals surface area contributed by atoms with Crippen molar-refractivity contribution in [2.24, 2.45) is 5.41 Å². The van der Waals surface area contributed by atoms with Crippen LogP contribution in [-0.4, -0.2) is 0 Å². The molecule has 0 spiro atoms. The molecule has 0 saturated heterocycles. The van der Waals surface area contributed by atoms with Crippen molar-refractivity contribution >= 4 is 12.6 Å². The van der Waals surface area contributed by atoms with Gasteiger partial charge in [0.05, 0.1) is 0 Å². The summed E-state index contributed by atoms with van der Waals surface area (Å²) in [5, 5.41) is 0. The molecule has 1 aromatic carbocycles. The molecule has 84 valence electrons. The van der Waals surface area contributed by atoms with E-state index in [1.807, 2.05) is 0 Å². The summed E-state index contributed by atoms with van der Waals surface area (Å²) >= 11 is 4.40. The summed E-state index contributed by atoms with van der Waals surface area (Å²) in [7, 11) is 0. The van der Waals surface area contributed by atoms with Crippen LogP contribution in [0.4, 0.5) is 0 Å². The van der Waals surface area contributed by atoms with Gasteiger partial charge in [0.15, 0.2) is 0 Å². The first-order valence-electron chi connectivity index (χ1n) is 5.66. The Morgan fingerprint density at radius 3 is 2.33 bits per heavy atom. The fourth-order valence-corrected chi connectivity index (χ4v) is 2.18. The Hall–Kier alpha value is -0.430. The van der Waals surface area contributed by atoms with Crippen LogP contribution in [0.2, 0.25) is 0 Å². The van der Waals surface area contributed by atoms with E-state index in [1.165, 1.54) is 30.4 Å². The molecule has 0 heterocycles. The second kappa shape index (κ2) is 5.07. The van der Waals surface area contributed by atoms with Crippen LogP contribution >= 0.6 is 12.6 Å². The standard InChI is InChI=1S/C14H22S/c1-11-8-12(10-13(15)9-11)6-5-7-14(2,3)4/h8-10,15H,5-7H2,1-4H3. The predicted octanol–water partition coefficient (Wildman–Crippen LogP) is 4.65. The third-order valence-electron chi connectivity index (χ3n) is 2.51. The molecule has 1 heteroatoms. The number of hydrogen-bond donors (Lipinski definition) is 1. The summed E-state index contributed by atoms with van der Waals surface area (Å²) in [5.74, 6) is 0. The van der Waals surface area contributed by atoms with Crippen molar-refractivity contribution in [3.05, 3.63) is 29.3 Å². The lowest BCUT2D eigenvalue weighted by Crippen LogP contribution is -2.05. The minimum absolute atomic E-state index is 0.452. The molecule has 0 saturated carbocycles. The lowest BCUT2D eigenvalue weighted by Gasteiger charge is -2.17. The number of aryl methyl sites for hydroxylation is 2. The normalized spacial score (nSPS) is 11.8. The van der Waals surface area contributed by atoms with Crippen molar-refractivity contribution in [1.29, 1.82) is 0 Å².